The zero-order chi connectivity index (χ0) is 14.5. The van der Waals surface area contributed by atoms with Gasteiger partial charge >= 0.3 is 0 Å². The van der Waals surface area contributed by atoms with Gasteiger partial charge in [-0.1, -0.05) is 27.7 Å². The van der Waals surface area contributed by atoms with Crippen LogP contribution in [0.4, 0.5) is 0 Å². The van der Waals surface area contributed by atoms with E-state index in [2.05, 4.69) is 51.0 Å². The minimum Gasteiger partial charge on any atom is -0.477 e. The molecule has 0 bridgehead atoms. The summed E-state index contributed by atoms with van der Waals surface area (Å²) < 4.78 is 5.92. The summed E-state index contributed by atoms with van der Waals surface area (Å²) >= 11 is 0. The maximum atomic E-state index is 5.92. The van der Waals surface area contributed by atoms with Crippen LogP contribution in [-0.4, -0.2) is 18.1 Å². The molecule has 3 heteroatoms. The summed E-state index contributed by atoms with van der Waals surface area (Å²) in [4.78, 5) is 4.54. The highest BCUT2D eigenvalue weighted by molar-refractivity contribution is 5.35. The van der Waals surface area contributed by atoms with Crippen LogP contribution in [0.1, 0.15) is 50.9 Å². The van der Waals surface area contributed by atoms with E-state index in [1.807, 2.05) is 6.92 Å². The molecule has 0 aliphatic heterocycles. The Morgan fingerprint density at radius 3 is 2.53 bits per heavy atom. The first-order valence-corrected chi connectivity index (χ1v) is 7.14. The van der Waals surface area contributed by atoms with Crippen molar-refractivity contribution in [3.8, 4) is 5.88 Å². The third-order valence-corrected chi connectivity index (χ3v) is 3.08. The minimum atomic E-state index is 0.292. The second kappa shape index (κ2) is 6.90. The zero-order valence-corrected chi connectivity index (χ0v) is 13.3. The summed E-state index contributed by atoms with van der Waals surface area (Å²) in [5.74, 6) is 0.794. The van der Waals surface area contributed by atoms with Crippen LogP contribution in [0.2, 0.25) is 0 Å². The molecule has 0 aromatic carbocycles. The van der Waals surface area contributed by atoms with Crippen molar-refractivity contribution in [1.82, 2.24) is 10.3 Å². The minimum absolute atomic E-state index is 0.292. The van der Waals surface area contributed by atoms with Crippen molar-refractivity contribution in [2.24, 2.45) is 5.41 Å². The lowest BCUT2D eigenvalue weighted by molar-refractivity contribution is 0.233. The van der Waals surface area contributed by atoms with Gasteiger partial charge in [0.15, 0.2) is 0 Å². The van der Waals surface area contributed by atoms with Gasteiger partial charge in [-0.2, -0.15) is 0 Å². The number of ether oxygens (including phenoxy) is 1. The molecule has 1 heterocycles. The Bertz CT molecular complexity index is 408. The van der Waals surface area contributed by atoms with Gasteiger partial charge in [0.1, 0.15) is 0 Å². The monoisotopic (exact) mass is 264 g/mol. The van der Waals surface area contributed by atoms with E-state index in [9.17, 15) is 0 Å². The van der Waals surface area contributed by atoms with Gasteiger partial charge in [-0.3, -0.25) is 0 Å². The molecular weight excluding hydrogens is 236 g/mol. The van der Waals surface area contributed by atoms with Gasteiger partial charge in [-0.05, 0) is 43.9 Å². The Labute approximate surface area is 117 Å². The summed E-state index contributed by atoms with van der Waals surface area (Å²) in [7, 11) is 0. The standard InChI is InChI=1S/C16H28N2O/c1-7-17-11-14-12(2)10-13(3)18-15(14)19-9-8-16(4,5)6/h10,17H,7-9,11H2,1-6H3. The largest absolute Gasteiger partial charge is 0.477 e. The molecule has 0 aliphatic carbocycles. The molecule has 0 amide bonds. The predicted octanol–water partition coefficient (Wildman–Crippen LogP) is 3.62. The Balaban J connectivity index is 2.79. The van der Waals surface area contributed by atoms with Gasteiger partial charge in [-0.15, -0.1) is 0 Å². The SMILES string of the molecule is CCNCc1c(C)cc(C)nc1OCCC(C)(C)C. The van der Waals surface area contributed by atoms with Crippen molar-refractivity contribution in [2.45, 2.75) is 54.5 Å². The van der Waals surface area contributed by atoms with Crippen molar-refractivity contribution in [2.75, 3.05) is 13.2 Å². The van der Waals surface area contributed by atoms with Crippen molar-refractivity contribution in [3.05, 3.63) is 22.9 Å². The van der Waals surface area contributed by atoms with Gasteiger partial charge < -0.3 is 10.1 Å². The summed E-state index contributed by atoms with van der Waals surface area (Å²) in [5, 5.41) is 3.35. The van der Waals surface area contributed by atoms with E-state index in [1.54, 1.807) is 0 Å². The average Bonchev–Trinajstić information content (AvgIpc) is 2.26. The van der Waals surface area contributed by atoms with Crippen LogP contribution in [0.25, 0.3) is 0 Å². The summed E-state index contributed by atoms with van der Waals surface area (Å²) in [6, 6.07) is 2.11. The molecule has 0 saturated heterocycles. The molecule has 0 aliphatic rings. The number of aryl methyl sites for hydroxylation is 2. The van der Waals surface area contributed by atoms with Gasteiger partial charge in [0, 0.05) is 17.8 Å². The number of nitrogens with one attached hydrogen (secondary N) is 1. The van der Waals surface area contributed by atoms with E-state index in [0.717, 1.165) is 37.7 Å². The molecule has 3 nitrogen and oxygen atoms in total. The molecule has 1 aromatic heterocycles. The smallest absolute Gasteiger partial charge is 0.218 e. The maximum absolute atomic E-state index is 5.92. The maximum Gasteiger partial charge on any atom is 0.218 e. The molecule has 0 unspecified atom stereocenters. The van der Waals surface area contributed by atoms with Gasteiger partial charge in [0.25, 0.3) is 0 Å². The molecule has 0 fully saturated rings. The van der Waals surface area contributed by atoms with E-state index in [-0.39, 0.29) is 0 Å². The Morgan fingerprint density at radius 2 is 1.95 bits per heavy atom. The van der Waals surface area contributed by atoms with Crippen LogP contribution in [0, 0.1) is 19.3 Å². The lowest BCUT2D eigenvalue weighted by Gasteiger charge is -2.19. The Hall–Kier alpha value is -1.09. The molecule has 0 atom stereocenters. The van der Waals surface area contributed by atoms with E-state index in [1.165, 1.54) is 11.1 Å². The van der Waals surface area contributed by atoms with Crippen LogP contribution in [0.15, 0.2) is 6.07 Å². The van der Waals surface area contributed by atoms with Crippen LogP contribution in [0.3, 0.4) is 0 Å². The predicted molar refractivity (Wildman–Crippen MR) is 80.7 cm³/mol. The second-order valence-electron chi connectivity index (χ2n) is 6.30. The van der Waals surface area contributed by atoms with Crippen molar-refractivity contribution in [1.29, 1.82) is 0 Å². The summed E-state index contributed by atoms with van der Waals surface area (Å²) in [6.07, 6.45) is 1.03. The lowest BCUT2D eigenvalue weighted by Crippen LogP contribution is -2.17. The third kappa shape index (κ3) is 5.60. The van der Waals surface area contributed by atoms with Crippen LogP contribution < -0.4 is 10.1 Å². The lowest BCUT2D eigenvalue weighted by atomic mass is 9.93. The first-order chi connectivity index (χ1) is 8.83. The highest BCUT2D eigenvalue weighted by atomic mass is 16.5. The molecule has 1 aromatic rings. The van der Waals surface area contributed by atoms with Crippen LogP contribution in [-0.2, 0) is 6.54 Å². The van der Waals surface area contributed by atoms with Crippen LogP contribution in [0.5, 0.6) is 5.88 Å². The fourth-order valence-corrected chi connectivity index (χ4v) is 1.87. The Morgan fingerprint density at radius 1 is 1.26 bits per heavy atom. The molecule has 108 valence electrons. The number of nitrogens with zero attached hydrogens (tertiary/aromatic N) is 1. The van der Waals surface area contributed by atoms with E-state index >= 15 is 0 Å². The summed E-state index contributed by atoms with van der Waals surface area (Å²) in [5.41, 5.74) is 3.74. The summed E-state index contributed by atoms with van der Waals surface area (Å²) in [6.45, 7) is 15.4. The quantitative estimate of drug-likeness (QED) is 0.852. The average molecular weight is 264 g/mol. The molecular formula is C16H28N2O. The third-order valence-electron chi connectivity index (χ3n) is 3.08. The van der Waals surface area contributed by atoms with Crippen molar-refractivity contribution >= 4 is 0 Å². The highest BCUT2D eigenvalue weighted by Gasteiger charge is 2.13. The van der Waals surface area contributed by atoms with Gasteiger partial charge in [0.05, 0.1) is 6.61 Å². The fourth-order valence-electron chi connectivity index (χ4n) is 1.87. The molecule has 0 spiro atoms. The molecule has 1 rings (SSSR count). The normalized spacial score (nSPS) is 11.7. The molecule has 19 heavy (non-hydrogen) atoms. The number of hydrogen-bond donors (Lipinski definition) is 1. The van der Waals surface area contributed by atoms with E-state index in [4.69, 9.17) is 4.74 Å². The molecule has 0 saturated carbocycles. The molecule has 1 N–H and O–H groups in total. The van der Waals surface area contributed by atoms with Gasteiger partial charge in [-0.25, -0.2) is 4.98 Å². The number of pyridine rings is 1. The Kier molecular flexibility index (Phi) is 5.80. The second-order valence-corrected chi connectivity index (χ2v) is 6.30. The van der Waals surface area contributed by atoms with E-state index < -0.39 is 0 Å². The van der Waals surface area contributed by atoms with E-state index in [0.29, 0.717) is 5.41 Å². The van der Waals surface area contributed by atoms with Crippen molar-refractivity contribution < 1.29 is 4.74 Å². The number of aromatic nitrogens is 1. The first-order valence-electron chi connectivity index (χ1n) is 7.14. The fraction of sp³-hybridized carbons (Fsp3) is 0.688. The van der Waals surface area contributed by atoms with Crippen molar-refractivity contribution in [3.63, 3.8) is 0 Å². The molecule has 0 radical (unpaired) electrons. The topological polar surface area (TPSA) is 34.2 Å². The highest BCUT2D eigenvalue weighted by Crippen LogP contribution is 2.23. The number of hydrogen-bond acceptors (Lipinski definition) is 3. The van der Waals surface area contributed by atoms with Gasteiger partial charge in [0.2, 0.25) is 5.88 Å². The number of rotatable bonds is 6. The zero-order valence-electron chi connectivity index (χ0n) is 13.3. The first kappa shape index (κ1) is 16.0. The van der Waals surface area contributed by atoms with Crippen LogP contribution >= 0.6 is 0 Å².